The Morgan fingerprint density at radius 3 is 3.00 bits per heavy atom. The van der Waals surface area contributed by atoms with E-state index in [1.807, 2.05) is 13.0 Å². The van der Waals surface area contributed by atoms with E-state index < -0.39 is 6.10 Å². The van der Waals surface area contributed by atoms with Gasteiger partial charge in [0.15, 0.2) is 0 Å². The van der Waals surface area contributed by atoms with Crippen molar-refractivity contribution in [1.82, 2.24) is 5.32 Å². The second-order valence-electron chi connectivity index (χ2n) is 5.27. The van der Waals surface area contributed by atoms with Crippen LogP contribution in [0.25, 0.3) is 0 Å². The highest BCUT2D eigenvalue weighted by Gasteiger charge is 2.16. The first-order valence-corrected chi connectivity index (χ1v) is 8.10. The van der Waals surface area contributed by atoms with E-state index in [1.54, 1.807) is 11.3 Å². The molecular weight excluding hydrogens is 258 g/mol. The lowest BCUT2D eigenvalue weighted by Gasteiger charge is -2.09. The Hall–Kier alpha value is -0.870. The number of rotatable bonds is 5. The van der Waals surface area contributed by atoms with Crippen LogP contribution in [0.1, 0.15) is 59.1 Å². The van der Waals surface area contributed by atoms with Crippen LogP contribution in [0.15, 0.2) is 6.07 Å². The quantitative estimate of drug-likeness (QED) is 0.815. The summed E-state index contributed by atoms with van der Waals surface area (Å²) in [5, 5.41) is 12.5. The van der Waals surface area contributed by atoms with Gasteiger partial charge in [0.1, 0.15) is 0 Å². The van der Waals surface area contributed by atoms with E-state index in [2.05, 4.69) is 5.32 Å². The molecule has 1 atom stereocenters. The van der Waals surface area contributed by atoms with Gasteiger partial charge >= 0.3 is 0 Å². The van der Waals surface area contributed by atoms with Gasteiger partial charge in [-0.1, -0.05) is 19.8 Å². The largest absolute Gasteiger partial charge is 0.391 e. The Morgan fingerprint density at radius 2 is 2.21 bits per heavy atom. The fraction of sp³-hybridized carbons (Fsp3) is 0.667. The predicted molar refractivity (Wildman–Crippen MR) is 78.8 cm³/mol. The molecule has 1 unspecified atom stereocenters. The van der Waals surface area contributed by atoms with Crippen LogP contribution in [0.4, 0.5) is 0 Å². The molecule has 0 fully saturated rings. The third-order valence-corrected chi connectivity index (χ3v) is 4.83. The molecule has 1 amide bonds. The summed E-state index contributed by atoms with van der Waals surface area (Å²) in [5.74, 6) is -0.0340. The summed E-state index contributed by atoms with van der Waals surface area (Å²) in [5.41, 5.74) is 1.36. The topological polar surface area (TPSA) is 49.3 Å². The van der Waals surface area contributed by atoms with Gasteiger partial charge in [0, 0.05) is 11.4 Å². The van der Waals surface area contributed by atoms with Crippen molar-refractivity contribution >= 4 is 17.2 Å². The zero-order chi connectivity index (χ0) is 13.7. The van der Waals surface area contributed by atoms with E-state index in [1.165, 1.54) is 29.7 Å². The SMILES string of the molecule is CCCC(O)CNC(=O)c1cc2c(s1)CCCCC2. The van der Waals surface area contributed by atoms with Gasteiger partial charge in [-0.05, 0) is 43.7 Å². The summed E-state index contributed by atoms with van der Waals surface area (Å²) in [6.07, 6.45) is 7.25. The standard InChI is InChI=1S/C15H23NO2S/c1-2-6-12(17)10-16-15(18)14-9-11-7-4-3-5-8-13(11)19-14/h9,12,17H,2-8,10H2,1H3,(H,16,18). The third kappa shape index (κ3) is 4.05. The van der Waals surface area contributed by atoms with E-state index in [0.29, 0.717) is 6.54 Å². The normalized spacial score (nSPS) is 16.5. The van der Waals surface area contributed by atoms with Gasteiger partial charge in [0.2, 0.25) is 0 Å². The zero-order valence-electron chi connectivity index (χ0n) is 11.6. The summed E-state index contributed by atoms with van der Waals surface area (Å²) in [6, 6.07) is 2.05. The molecule has 4 heteroatoms. The molecule has 0 aromatic carbocycles. The van der Waals surface area contributed by atoms with Crippen molar-refractivity contribution in [2.75, 3.05) is 6.54 Å². The van der Waals surface area contributed by atoms with E-state index in [4.69, 9.17) is 0 Å². The van der Waals surface area contributed by atoms with Gasteiger partial charge in [0.25, 0.3) is 5.91 Å². The zero-order valence-corrected chi connectivity index (χ0v) is 12.4. The van der Waals surface area contributed by atoms with E-state index in [0.717, 1.165) is 30.6 Å². The minimum absolute atomic E-state index is 0.0340. The molecular formula is C15H23NO2S. The number of hydrogen-bond acceptors (Lipinski definition) is 3. The average molecular weight is 281 g/mol. The van der Waals surface area contributed by atoms with Gasteiger partial charge in [-0.15, -0.1) is 11.3 Å². The molecule has 0 spiro atoms. The van der Waals surface area contributed by atoms with Crippen LogP contribution < -0.4 is 5.32 Å². The summed E-state index contributed by atoms with van der Waals surface area (Å²) in [4.78, 5) is 14.2. The van der Waals surface area contributed by atoms with Gasteiger partial charge in [-0.3, -0.25) is 4.79 Å². The van der Waals surface area contributed by atoms with Gasteiger partial charge < -0.3 is 10.4 Å². The molecule has 0 aliphatic heterocycles. The number of carbonyl (C=O) groups excluding carboxylic acids is 1. The molecule has 0 saturated carbocycles. The lowest BCUT2D eigenvalue weighted by atomic mass is 10.1. The molecule has 2 N–H and O–H groups in total. The number of hydrogen-bond donors (Lipinski definition) is 2. The molecule has 1 aliphatic rings. The smallest absolute Gasteiger partial charge is 0.261 e. The highest BCUT2D eigenvalue weighted by Crippen LogP contribution is 2.28. The molecule has 1 heterocycles. The highest BCUT2D eigenvalue weighted by molar-refractivity contribution is 7.14. The van der Waals surface area contributed by atoms with E-state index in [9.17, 15) is 9.90 Å². The molecule has 1 aromatic heterocycles. The maximum absolute atomic E-state index is 12.0. The first-order chi connectivity index (χ1) is 9.20. The first kappa shape index (κ1) is 14.5. The number of fused-ring (bicyclic) bond motifs is 1. The fourth-order valence-corrected chi connectivity index (χ4v) is 3.68. The van der Waals surface area contributed by atoms with Crippen molar-refractivity contribution in [3.63, 3.8) is 0 Å². The van der Waals surface area contributed by atoms with Crippen LogP contribution in [0.3, 0.4) is 0 Å². The van der Waals surface area contributed by atoms with Crippen LogP contribution >= 0.6 is 11.3 Å². The maximum Gasteiger partial charge on any atom is 0.261 e. The monoisotopic (exact) mass is 281 g/mol. The minimum Gasteiger partial charge on any atom is -0.391 e. The Bertz CT molecular complexity index is 404. The molecule has 3 nitrogen and oxygen atoms in total. The van der Waals surface area contributed by atoms with Crippen molar-refractivity contribution in [2.45, 2.75) is 58.0 Å². The van der Waals surface area contributed by atoms with Crippen molar-refractivity contribution in [3.05, 3.63) is 21.4 Å². The van der Waals surface area contributed by atoms with Crippen LogP contribution in [0.2, 0.25) is 0 Å². The number of carbonyl (C=O) groups is 1. The van der Waals surface area contributed by atoms with E-state index in [-0.39, 0.29) is 5.91 Å². The van der Waals surface area contributed by atoms with Crippen molar-refractivity contribution in [2.24, 2.45) is 0 Å². The second kappa shape index (κ2) is 7.06. The van der Waals surface area contributed by atoms with E-state index >= 15 is 0 Å². The van der Waals surface area contributed by atoms with Crippen molar-refractivity contribution in [1.29, 1.82) is 0 Å². The lowest BCUT2D eigenvalue weighted by Crippen LogP contribution is -2.31. The summed E-state index contributed by atoms with van der Waals surface area (Å²) in [6.45, 7) is 2.39. The Labute approximate surface area is 119 Å². The second-order valence-corrected chi connectivity index (χ2v) is 6.41. The summed E-state index contributed by atoms with van der Waals surface area (Å²) in [7, 11) is 0. The number of aliphatic hydroxyl groups is 1. The number of aliphatic hydroxyl groups excluding tert-OH is 1. The molecule has 1 aliphatic carbocycles. The van der Waals surface area contributed by atoms with Crippen LogP contribution in [-0.4, -0.2) is 23.7 Å². The molecule has 106 valence electrons. The van der Waals surface area contributed by atoms with Crippen molar-refractivity contribution < 1.29 is 9.90 Å². The molecule has 1 aromatic rings. The predicted octanol–water partition coefficient (Wildman–Crippen LogP) is 2.91. The van der Waals surface area contributed by atoms with Crippen LogP contribution in [0.5, 0.6) is 0 Å². The molecule has 0 bridgehead atoms. The van der Waals surface area contributed by atoms with Crippen LogP contribution in [-0.2, 0) is 12.8 Å². The Kier molecular flexibility index (Phi) is 5.40. The molecule has 0 radical (unpaired) electrons. The third-order valence-electron chi connectivity index (χ3n) is 3.59. The number of amides is 1. The van der Waals surface area contributed by atoms with Gasteiger partial charge in [-0.2, -0.15) is 0 Å². The molecule has 0 saturated heterocycles. The summed E-state index contributed by atoms with van der Waals surface area (Å²) >= 11 is 1.63. The average Bonchev–Trinajstić information content (AvgIpc) is 2.68. The molecule has 19 heavy (non-hydrogen) atoms. The fourth-order valence-electron chi connectivity index (χ4n) is 2.51. The van der Waals surface area contributed by atoms with Crippen LogP contribution in [0, 0.1) is 0 Å². The van der Waals surface area contributed by atoms with Crippen molar-refractivity contribution in [3.8, 4) is 0 Å². The first-order valence-electron chi connectivity index (χ1n) is 7.28. The maximum atomic E-state index is 12.0. The van der Waals surface area contributed by atoms with Gasteiger partial charge in [0.05, 0.1) is 11.0 Å². The number of thiophene rings is 1. The number of aryl methyl sites for hydroxylation is 2. The number of nitrogens with one attached hydrogen (secondary N) is 1. The Balaban J connectivity index is 1.92. The molecule has 2 rings (SSSR count). The summed E-state index contributed by atoms with van der Waals surface area (Å²) < 4.78 is 0. The Morgan fingerprint density at radius 1 is 1.42 bits per heavy atom. The minimum atomic E-state index is -0.424. The van der Waals surface area contributed by atoms with Gasteiger partial charge in [-0.25, -0.2) is 0 Å². The highest BCUT2D eigenvalue weighted by atomic mass is 32.1. The lowest BCUT2D eigenvalue weighted by molar-refractivity contribution is 0.0914.